The topological polar surface area (TPSA) is 151 Å². The molecule has 0 unspecified atom stereocenters. The Labute approximate surface area is 178 Å². The van der Waals surface area contributed by atoms with Crippen LogP contribution in [-0.4, -0.2) is 39.9 Å². The lowest BCUT2D eigenvalue weighted by atomic mass is 9.94. The van der Waals surface area contributed by atoms with Crippen LogP contribution in [0.3, 0.4) is 0 Å². The molecule has 31 heavy (non-hydrogen) atoms. The summed E-state index contributed by atoms with van der Waals surface area (Å²) >= 11 is 0. The number of hydrogen-bond donors (Lipinski definition) is 0. The zero-order chi connectivity index (χ0) is 24.0. The fraction of sp³-hybridized carbons (Fsp3) is 0.450. The first-order chi connectivity index (χ1) is 14.1. The first kappa shape index (κ1) is 25.4. The maximum atomic E-state index is 12.3. The highest BCUT2D eigenvalue weighted by Gasteiger charge is 2.40. The van der Waals surface area contributed by atoms with Crippen LogP contribution in [0.25, 0.3) is 0 Å². The lowest BCUT2D eigenvalue weighted by Gasteiger charge is -2.20. The monoisotopic (exact) mass is 436 g/mol. The Hall–Kier alpha value is -3.63. The van der Waals surface area contributed by atoms with E-state index < -0.39 is 45.3 Å². The molecule has 168 valence electrons. The first-order valence-electron chi connectivity index (χ1n) is 9.09. The minimum Gasteiger partial charge on any atom is -0.460 e. The van der Waals surface area contributed by atoms with Crippen molar-refractivity contribution in [3.63, 3.8) is 0 Å². The summed E-state index contributed by atoms with van der Waals surface area (Å²) in [6.45, 7) is 7.97. The highest BCUT2D eigenvalue weighted by atomic mass is 16.7. The third-order valence-corrected chi connectivity index (χ3v) is 3.68. The van der Waals surface area contributed by atoms with Gasteiger partial charge in [0.05, 0.1) is 4.92 Å². The number of nitrogens with zero attached hydrogens (tertiary/aromatic N) is 2. The summed E-state index contributed by atoms with van der Waals surface area (Å²) in [5.41, 5.74) is -3.12. The molecule has 0 spiro atoms. The van der Waals surface area contributed by atoms with Crippen molar-refractivity contribution >= 4 is 35.1 Å². The number of carbonyl (C=O) groups is 4. The molecule has 0 heterocycles. The zero-order valence-corrected chi connectivity index (χ0v) is 18.1. The van der Waals surface area contributed by atoms with Crippen molar-refractivity contribution in [3.8, 4) is 0 Å². The molecule has 11 nitrogen and oxygen atoms in total. The van der Waals surface area contributed by atoms with Gasteiger partial charge in [0.25, 0.3) is 5.69 Å². The Balaban J connectivity index is 2.81. The second kappa shape index (κ2) is 9.92. The van der Waals surface area contributed by atoms with Crippen LogP contribution in [0.5, 0.6) is 0 Å². The van der Waals surface area contributed by atoms with Crippen LogP contribution in [0.1, 0.15) is 47.1 Å². The number of ketones is 1. The molecule has 1 rings (SSSR count). The quantitative estimate of drug-likeness (QED) is 0.149. The van der Waals surface area contributed by atoms with E-state index in [1.807, 2.05) is 0 Å². The van der Waals surface area contributed by atoms with Gasteiger partial charge in [-0.15, -0.1) is 0 Å². The fourth-order valence-corrected chi connectivity index (χ4v) is 1.90. The van der Waals surface area contributed by atoms with Gasteiger partial charge in [0.15, 0.2) is 11.2 Å². The Bertz CT molecular complexity index is 910. The second-order valence-electron chi connectivity index (χ2n) is 8.00. The highest BCUT2D eigenvalue weighted by Crippen LogP contribution is 2.21. The van der Waals surface area contributed by atoms with Crippen LogP contribution in [-0.2, 0) is 40.1 Å². The summed E-state index contributed by atoms with van der Waals surface area (Å²) < 4.78 is 10.1. The van der Waals surface area contributed by atoms with Gasteiger partial charge in [0.1, 0.15) is 12.2 Å². The maximum absolute atomic E-state index is 12.3. The van der Waals surface area contributed by atoms with Crippen molar-refractivity contribution in [1.29, 1.82) is 0 Å². The number of oxime groups is 1. The molecular weight excluding hydrogens is 412 g/mol. The van der Waals surface area contributed by atoms with Gasteiger partial charge in [-0.1, -0.05) is 5.16 Å². The number of benzene rings is 1. The predicted molar refractivity (Wildman–Crippen MR) is 107 cm³/mol. The molecule has 0 aliphatic rings. The SMILES string of the molecule is CC(=O)C(=NOC(=O)C(C)(C)C(=O)OCc1ccc([N+](=O)[O-])cc1)C(=O)OC(C)(C)C. The molecule has 0 aromatic heterocycles. The minimum absolute atomic E-state index is 0.122. The van der Waals surface area contributed by atoms with Crippen LogP contribution in [0.15, 0.2) is 29.4 Å². The molecule has 0 saturated heterocycles. The smallest absolute Gasteiger partial charge is 0.364 e. The lowest BCUT2D eigenvalue weighted by molar-refractivity contribution is -0.384. The number of nitro groups is 1. The largest absolute Gasteiger partial charge is 0.460 e. The first-order valence-corrected chi connectivity index (χ1v) is 9.09. The van der Waals surface area contributed by atoms with Gasteiger partial charge in [-0.2, -0.15) is 0 Å². The van der Waals surface area contributed by atoms with E-state index in [0.29, 0.717) is 5.56 Å². The Morgan fingerprint density at radius 1 is 1.00 bits per heavy atom. The molecule has 0 bridgehead atoms. The van der Waals surface area contributed by atoms with E-state index in [2.05, 4.69) is 9.99 Å². The van der Waals surface area contributed by atoms with Crippen LogP contribution < -0.4 is 0 Å². The summed E-state index contributed by atoms with van der Waals surface area (Å²) in [7, 11) is 0. The van der Waals surface area contributed by atoms with Crippen LogP contribution in [0.4, 0.5) is 5.69 Å². The molecule has 0 saturated carbocycles. The number of rotatable bonds is 8. The number of carbonyl (C=O) groups excluding carboxylic acids is 4. The zero-order valence-electron chi connectivity index (χ0n) is 18.1. The van der Waals surface area contributed by atoms with Crippen molar-refractivity contribution in [2.75, 3.05) is 0 Å². The third-order valence-electron chi connectivity index (χ3n) is 3.68. The fourth-order valence-electron chi connectivity index (χ4n) is 1.90. The summed E-state index contributed by atoms with van der Waals surface area (Å²) in [5.74, 6) is -4.00. The van der Waals surface area contributed by atoms with Crippen molar-refractivity contribution in [2.24, 2.45) is 10.6 Å². The molecule has 0 atom stereocenters. The van der Waals surface area contributed by atoms with Gasteiger partial charge in [0, 0.05) is 19.1 Å². The van der Waals surface area contributed by atoms with E-state index in [-0.39, 0.29) is 12.3 Å². The number of hydrogen-bond acceptors (Lipinski definition) is 10. The molecule has 0 amide bonds. The molecular formula is C20H24N2O9. The number of esters is 2. The van der Waals surface area contributed by atoms with Crippen LogP contribution in [0.2, 0.25) is 0 Å². The molecule has 11 heteroatoms. The Morgan fingerprint density at radius 3 is 2.00 bits per heavy atom. The standard InChI is InChI=1S/C20H24N2O9/c1-12(23)15(16(24)30-19(2,3)4)21-31-18(26)20(5,6)17(25)29-11-13-7-9-14(10-8-13)22(27)28/h7-10H,11H2,1-6H3. The average Bonchev–Trinajstić information content (AvgIpc) is 2.64. The van der Waals surface area contributed by atoms with E-state index in [9.17, 15) is 29.3 Å². The third kappa shape index (κ3) is 7.61. The molecule has 1 aromatic carbocycles. The van der Waals surface area contributed by atoms with E-state index >= 15 is 0 Å². The number of Topliss-reactive ketones (excluding diaryl/α,β-unsaturated/α-hetero) is 1. The Morgan fingerprint density at radius 2 is 1.55 bits per heavy atom. The van der Waals surface area contributed by atoms with Crippen molar-refractivity contribution in [1.82, 2.24) is 0 Å². The molecule has 0 radical (unpaired) electrons. The molecule has 0 aliphatic heterocycles. The van der Waals surface area contributed by atoms with E-state index in [0.717, 1.165) is 6.92 Å². The van der Waals surface area contributed by atoms with E-state index in [1.54, 1.807) is 20.8 Å². The molecule has 0 aliphatic carbocycles. The van der Waals surface area contributed by atoms with Gasteiger partial charge in [0.2, 0.25) is 5.71 Å². The Kier molecular flexibility index (Phi) is 8.13. The second-order valence-corrected chi connectivity index (χ2v) is 8.00. The highest BCUT2D eigenvalue weighted by molar-refractivity contribution is 6.63. The normalized spacial score (nSPS) is 12.0. The number of ether oxygens (including phenoxy) is 2. The van der Waals surface area contributed by atoms with Crippen LogP contribution >= 0.6 is 0 Å². The van der Waals surface area contributed by atoms with Gasteiger partial charge < -0.3 is 14.3 Å². The van der Waals surface area contributed by atoms with E-state index in [4.69, 9.17) is 9.47 Å². The van der Waals surface area contributed by atoms with E-state index in [1.165, 1.54) is 38.1 Å². The average molecular weight is 436 g/mol. The van der Waals surface area contributed by atoms with Crippen LogP contribution in [0, 0.1) is 15.5 Å². The van der Waals surface area contributed by atoms with Crippen molar-refractivity contribution in [3.05, 3.63) is 39.9 Å². The van der Waals surface area contributed by atoms with Gasteiger partial charge in [-0.3, -0.25) is 19.7 Å². The molecule has 0 N–H and O–H groups in total. The molecule has 0 fully saturated rings. The number of nitro benzene ring substituents is 1. The number of non-ortho nitro benzene ring substituents is 1. The van der Waals surface area contributed by atoms with Crippen molar-refractivity contribution in [2.45, 2.75) is 53.8 Å². The summed E-state index contributed by atoms with van der Waals surface area (Å²) in [6, 6.07) is 5.30. The summed E-state index contributed by atoms with van der Waals surface area (Å²) in [4.78, 5) is 63.0. The molecule has 1 aromatic rings. The van der Waals surface area contributed by atoms with Gasteiger partial charge in [-0.05, 0) is 52.3 Å². The van der Waals surface area contributed by atoms with Gasteiger partial charge >= 0.3 is 17.9 Å². The predicted octanol–water partition coefficient (Wildman–Crippen LogP) is 2.49. The summed E-state index contributed by atoms with van der Waals surface area (Å²) in [5, 5.41) is 13.9. The van der Waals surface area contributed by atoms with Crippen molar-refractivity contribution < 1.29 is 38.4 Å². The maximum Gasteiger partial charge on any atom is 0.364 e. The summed E-state index contributed by atoms with van der Waals surface area (Å²) in [6.07, 6.45) is 0. The van der Waals surface area contributed by atoms with Gasteiger partial charge in [-0.25, -0.2) is 9.59 Å². The lowest BCUT2D eigenvalue weighted by Crippen LogP contribution is -2.37. The minimum atomic E-state index is -1.82.